The maximum atomic E-state index is 13.0. The monoisotopic (exact) mass is 763 g/mol. The van der Waals surface area contributed by atoms with Gasteiger partial charge in [0.1, 0.15) is 0 Å². The highest BCUT2D eigenvalue weighted by Gasteiger charge is 2.47. The lowest BCUT2D eigenvalue weighted by Gasteiger charge is -2.35. The summed E-state index contributed by atoms with van der Waals surface area (Å²) < 4.78 is 33.9. The number of carboxylic acid groups (broad SMARTS) is 1. The Morgan fingerprint density at radius 2 is 0.942 bits per heavy atom. The molecule has 0 heterocycles. The summed E-state index contributed by atoms with van der Waals surface area (Å²) in [5.74, 6) is -2.69. The van der Waals surface area contributed by atoms with Gasteiger partial charge in [0.2, 0.25) is 0 Å². The van der Waals surface area contributed by atoms with E-state index in [4.69, 9.17) is 30.0 Å². The fourth-order valence-electron chi connectivity index (χ4n) is 6.23. The number of ether oxygens (including phenoxy) is 2. The molecule has 4 atom stereocenters. The van der Waals surface area contributed by atoms with E-state index in [0.717, 1.165) is 38.5 Å². The van der Waals surface area contributed by atoms with Crippen LogP contribution in [0.5, 0.6) is 0 Å². The molecule has 0 aliphatic rings. The third-order valence-corrected chi connectivity index (χ3v) is 10.4. The lowest BCUT2D eigenvalue weighted by atomic mass is 9.91. The number of carboxylic acids is 1. The molecule has 0 radical (unpaired) electrons. The van der Waals surface area contributed by atoms with Crippen molar-refractivity contribution in [2.24, 2.45) is 11.5 Å². The van der Waals surface area contributed by atoms with Gasteiger partial charge in [-0.15, -0.1) is 0 Å². The number of aliphatic carboxylic acids is 1. The standard InChI is InChI=1S/C40H79N2O9P/c1-4-6-8-10-12-14-16-18-20-22-24-26-28-30-36(43)50-35(34-49-52(47)48-33-32-41)38(40(3,42)39(45)46)51-37(44)31-29-27-25-23-21-19-17-15-13-11-9-7-5-2/h35,38,52H,4-34,41-42H2,1-3H3,(H,45,46)/t35-,38?,40+/m0/s1. The molecule has 0 aliphatic carbocycles. The molecule has 0 rings (SSSR count). The lowest BCUT2D eigenvalue weighted by Crippen LogP contribution is -2.62. The lowest BCUT2D eigenvalue weighted by molar-refractivity contribution is -0.181. The van der Waals surface area contributed by atoms with Crippen LogP contribution in [-0.2, 0) is 37.5 Å². The average molecular weight is 763 g/mol. The third-order valence-electron chi connectivity index (χ3n) is 9.60. The maximum Gasteiger partial charge on any atom is 0.327 e. The van der Waals surface area contributed by atoms with Gasteiger partial charge >= 0.3 is 26.2 Å². The van der Waals surface area contributed by atoms with Crippen LogP contribution < -0.4 is 11.5 Å². The predicted molar refractivity (Wildman–Crippen MR) is 211 cm³/mol. The van der Waals surface area contributed by atoms with Crippen molar-refractivity contribution in [1.29, 1.82) is 0 Å². The zero-order chi connectivity index (χ0) is 38.7. The van der Waals surface area contributed by atoms with Crippen LogP contribution in [0, 0.1) is 0 Å². The molecule has 0 aromatic rings. The first-order valence-corrected chi connectivity index (χ1v) is 22.2. The molecule has 52 heavy (non-hydrogen) atoms. The van der Waals surface area contributed by atoms with Crippen molar-refractivity contribution in [1.82, 2.24) is 0 Å². The van der Waals surface area contributed by atoms with Crippen molar-refractivity contribution < 1.29 is 42.6 Å². The van der Waals surface area contributed by atoms with Gasteiger partial charge in [-0.3, -0.25) is 18.9 Å². The summed E-state index contributed by atoms with van der Waals surface area (Å²) in [7, 11) is -3.03. The van der Waals surface area contributed by atoms with E-state index in [9.17, 15) is 24.1 Å². The van der Waals surface area contributed by atoms with E-state index in [1.165, 1.54) is 122 Å². The van der Waals surface area contributed by atoms with Gasteiger partial charge < -0.3 is 35.1 Å². The molecule has 0 fully saturated rings. The Morgan fingerprint density at radius 3 is 1.29 bits per heavy atom. The van der Waals surface area contributed by atoms with Crippen molar-refractivity contribution in [2.45, 2.75) is 218 Å². The topological polar surface area (TPSA) is 177 Å². The molecule has 0 saturated carbocycles. The van der Waals surface area contributed by atoms with Crippen LogP contribution in [0.4, 0.5) is 0 Å². The van der Waals surface area contributed by atoms with Crippen LogP contribution in [0.2, 0.25) is 0 Å². The fourth-order valence-corrected chi connectivity index (χ4v) is 6.89. The number of nitrogens with two attached hydrogens (primary N) is 2. The highest BCUT2D eigenvalue weighted by atomic mass is 31.1. The van der Waals surface area contributed by atoms with E-state index in [0.29, 0.717) is 12.8 Å². The summed E-state index contributed by atoms with van der Waals surface area (Å²) >= 11 is 0. The number of carbonyl (C=O) groups excluding carboxylic acids is 2. The Hall–Kier alpha value is -1.52. The second-order valence-electron chi connectivity index (χ2n) is 14.7. The van der Waals surface area contributed by atoms with E-state index in [-0.39, 0.29) is 26.0 Å². The quantitative estimate of drug-likeness (QED) is 0.0308. The maximum absolute atomic E-state index is 13.0. The van der Waals surface area contributed by atoms with Crippen molar-refractivity contribution >= 4 is 26.2 Å². The number of esters is 2. The first-order valence-electron chi connectivity index (χ1n) is 21.0. The van der Waals surface area contributed by atoms with E-state index >= 15 is 0 Å². The van der Waals surface area contributed by atoms with Gasteiger partial charge in [0.25, 0.3) is 0 Å². The number of unbranched alkanes of at least 4 members (excludes halogenated alkanes) is 24. The molecule has 2 unspecified atom stereocenters. The van der Waals surface area contributed by atoms with Crippen molar-refractivity contribution in [3.63, 3.8) is 0 Å². The first kappa shape index (κ1) is 50.5. The van der Waals surface area contributed by atoms with Crippen molar-refractivity contribution in [3.05, 3.63) is 0 Å². The summed E-state index contributed by atoms with van der Waals surface area (Å²) in [5.41, 5.74) is 9.46. The van der Waals surface area contributed by atoms with Crippen molar-refractivity contribution in [2.75, 3.05) is 19.8 Å². The molecule has 308 valence electrons. The first-order chi connectivity index (χ1) is 25.1. The van der Waals surface area contributed by atoms with E-state index in [1.807, 2.05) is 0 Å². The molecular weight excluding hydrogens is 683 g/mol. The van der Waals surface area contributed by atoms with E-state index in [1.54, 1.807) is 0 Å². The summed E-state index contributed by atoms with van der Waals surface area (Å²) in [4.78, 5) is 38.1. The highest BCUT2D eigenvalue weighted by Crippen LogP contribution is 2.27. The molecular formula is C40H79N2O9P. The van der Waals surface area contributed by atoms with Crippen LogP contribution >= 0.6 is 8.25 Å². The van der Waals surface area contributed by atoms with Gasteiger partial charge in [0.05, 0.1) is 13.2 Å². The molecule has 0 aromatic carbocycles. The van der Waals surface area contributed by atoms with Crippen LogP contribution in [-0.4, -0.2) is 60.5 Å². The Balaban J connectivity index is 4.88. The van der Waals surface area contributed by atoms with Gasteiger partial charge in [-0.1, -0.05) is 168 Å². The van der Waals surface area contributed by atoms with Crippen LogP contribution in [0.3, 0.4) is 0 Å². The minimum absolute atomic E-state index is 0.0113. The van der Waals surface area contributed by atoms with E-state index < -0.39 is 50.5 Å². The SMILES string of the molecule is CCCCCCCCCCCCCCCC(=O)OC([C@H](CO[PH](=O)OCCN)OC(=O)CCCCCCCCCCCCCCC)[C@@](C)(N)C(=O)O. The third kappa shape index (κ3) is 28.9. The molecule has 0 bridgehead atoms. The average Bonchev–Trinajstić information content (AvgIpc) is 3.11. The molecule has 0 spiro atoms. The summed E-state index contributed by atoms with van der Waals surface area (Å²) in [6, 6.07) is 0. The Bertz CT molecular complexity index is 906. The molecule has 0 amide bonds. The summed E-state index contributed by atoms with van der Waals surface area (Å²) in [5, 5.41) is 9.94. The second kappa shape index (κ2) is 35.2. The number of hydrogen-bond donors (Lipinski definition) is 3. The predicted octanol–water partition coefficient (Wildman–Crippen LogP) is 9.96. The summed E-state index contributed by atoms with van der Waals surface area (Å²) in [6.07, 6.45) is 27.4. The number of hydrogen-bond acceptors (Lipinski definition) is 10. The Kier molecular flexibility index (Phi) is 34.2. The Labute approximate surface area is 317 Å². The van der Waals surface area contributed by atoms with Gasteiger partial charge in [-0.05, 0) is 19.8 Å². The van der Waals surface area contributed by atoms with E-state index in [2.05, 4.69) is 13.8 Å². The van der Waals surface area contributed by atoms with Crippen LogP contribution in [0.15, 0.2) is 0 Å². The summed E-state index contributed by atoms with van der Waals surface area (Å²) in [6.45, 7) is 5.25. The smallest absolute Gasteiger partial charge is 0.327 e. The molecule has 0 saturated heterocycles. The number of rotatable bonds is 39. The minimum atomic E-state index is -3.03. The number of carbonyl (C=O) groups is 3. The minimum Gasteiger partial charge on any atom is -0.480 e. The zero-order valence-corrected chi connectivity index (χ0v) is 34.4. The largest absolute Gasteiger partial charge is 0.480 e. The van der Waals surface area contributed by atoms with Gasteiger partial charge in [-0.2, -0.15) is 0 Å². The fraction of sp³-hybridized carbons (Fsp3) is 0.925. The second-order valence-corrected chi connectivity index (χ2v) is 15.8. The van der Waals surface area contributed by atoms with Gasteiger partial charge in [0, 0.05) is 19.4 Å². The molecule has 0 aliphatic heterocycles. The molecule has 12 heteroatoms. The van der Waals surface area contributed by atoms with Gasteiger partial charge in [0.15, 0.2) is 17.7 Å². The van der Waals surface area contributed by atoms with Crippen LogP contribution in [0.25, 0.3) is 0 Å². The highest BCUT2D eigenvalue weighted by molar-refractivity contribution is 7.33. The van der Waals surface area contributed by atoms with Crippen molar-refractivity contribution in [3.8, 4) is 0 Å². The normalized spacial score (nSPS) is 14.4. The molecule has 0 aromatic heterocycles. The zero-order valence-electron chi connectivity index (χ0n) is 33.4. The van der Waals surface area contributed by atoms with Gasteiger partial charge in [-0.25, -0.2) is 0 Å². The Morgan fingerprint density at radius 1 is 0.596 bits per heavy atom. The molecule has 11 nitrogen and oxygen atoms in total. The van der Waals surface area contributed by atoms with Crippen LogP contribution in [0.1, 0.15) is 201 Å². The molecule has 5 N–H and O–H groups in total.